The minimum atomic E-state index is -0.746. The molecule has 0 bridgehead atoms. The zero-order chi connectivity index (χ0) is 17.1. The van der Waals surface area contributed by atoms with Crippen molar-refractivity contribution in [2.45, 2.75) is 71.6 Å². The van der Waals surface area contributed by atoms with Crippen LogP contribution in [0.2, 0.25) is 0 Å². The first kappa shape index (κ1) is 18.5. The second-order valence-corrected chi connectivity index (χ2v) is 8.06. The molecule has 122 valence electrons. The predicted molar refractivity (Wildman–Crippen MR) is 93.7 cm³/mol. The van der Waals surface area contributed by atoms with Crippen molar-refractivity contribution in [3.05, 3.63) is 47.0 Å². The van der Waals surface area contributed by atoms with E-state index in [1.807, 2.05) is 6.08 Å². The topological polar surface area (TPSA) is 37.3 Å². The highest BCUT2D eigenvalue weighted by Crippen LogP contribution is 2.36. The normalized spacial score (nSPS) is 12.3. The number of allylic oxidation sites excluding steroid dienone is 1. The summed E-state index contributed by atoms with van der Waals surface area (Å²) in [5, 5.41) is 8.96. The summed E-state index contributed by atoms with van der Waals surface area (Å²) >= 11 is 0. The third kappa shape index (κ3) is 4.72. The van der Waals surface area contributed by atoms with E-state index in [1.54, 1.807) is 0 Å². The molecule has 1 aromatic rings. The Morgan fingerprint density at radius 2 is 1.55 bits per heavy atom. The molecule has 0 saturated heterocycles. The van der Waals surface area contributed by atoms with Gasteiger partial charge in [-0.2, -0.15) is 0 Å². The maximum Gasteiger partial charge on any atom is 0.303 e. The van der Waals surface area contributed by atoms with Crippen molar-refractivity contribution in [1.82, 2.24) is 0 Å². The molecule has 2 nitrogen and oxygen atoms in total. The van der Waals surface area contributed by atoms with E-state index < -0.39 is 5.97 Å². The number of carboxylic acids is 1. The lowest BCUT2D eigenvalue weighted by molar-refractivity contribution is -0.136. The Labute approximate surface area is 135 Å². The molecule has 0 heterocycles. The first-order valence-electron chi connectivity index (χ1n) is 7.96. The first-order chi connectivity index (χ1) is 9.96. The van der Waals surface area contributed by atoms with Gasteiger partial charge in [0, 0.05) is 6.42 Å². The van der Waals surface area contributed by atoms with Crippen molar-refractivity contribution in [2.75, 3.05) is 0 Å². The van der Waals surface area contributed by atoms with Gasteiger partial charge in [0.2, 0.25) is 0 Å². The quantitative estimate of drug-likeness (QED) is 0.775. The number of rotatable bonds is 5. The van der Waals surface area contributed by atoms with Gasteiger partial charge in [-0.05, 0) is 45.9 Å². The van der Waals surface area contributed by atoms with Crippen LogP contribution in [0.3, 0.4) is 0 Å². The molecule has 0 unspecified atom stereocenters. The van der Waals surface area contributed by atoms with Gasteiger partial charge in [0.05, 0.1) is 0 Å². The summed E-state index contributed by atoms with van der Waals surface area (Å²) in [5.41, 5.74) is 5.12. The van der Waals surface area contributed by atoms with Gasteiger partial charge in [-0.3, -0.25) is 4.79 Å². The molecular weight excluding hydrogens is 272 g/mol. The number of carboxylic acid groups (broad SMARTS) is 1. The summed E-state index contributed by atoms with van der Waals surface area (Å²) in [6.45, 7) is 17.2. The van der Waals surface area contributed by atoms with Crippen LogP contribution in [0.1, 0.15) is 70.2 Å². The third-order valence-electron chi connectivity index (χ3n) is 3.90. The lowest BCUT2D eigenvalue weighted by Crippen LogP contribution is -2.22. The molecule has 1 aromatic carbocycles. The molecule has 0 amide bonds. The lowest BCUT2D eigenvalue weighted by atomic mass is 9.74. The van der Waals surface area contributed by atoms with E-state index in [1.165, 1.54) is 16.7 Å². The maximum atomic E-state index is 10.9. The van der Waals surface area contributed by atoms with Crippen molar-refractivity contribution in [3.8, 4) is 0 Å². The molecule has 0 radical (unpaired) electrons. The SMILES string of the molecule is C=CCc1c(C(C)(C)C)cc(CCC(=O)O)cc1C(C)(C)C. The molecular formula is C20H30O2. The molecule has 0 aliphatic heterocycles. The smallest absolute Gasteiger partial charge is 0.303 e. The highest BCUT2D eigenvalue weighted by atomic mass is 16.4. The van der Waals surface area contributed by atoms with Crippen molar-refractivity contribution >= 4 is 5.97 Å². The van der Waals surface area contributed by atoms with E-state index in [-0.39, 0.29) is 17.3 Å². The minimum Gasteiger partial charge on any atom is -0.481 e. The maximum absolute atomic E-state index is 10.9. The van der Waals surface area contributed by atoms with E-state index in [9.17, 15) is 4.79 Å². The second kappa shape index (κ2) is 6.68. The Morgan fingerprint density at radius 1 is 1.09 bits per heavy atom. The highest BCUT2D eigenvalue weighted by Gasteiger charge is 2.25. The molecule has 0 aliphatic carbocycles. The van der Waals surface area contributed by atoms with Crippen molar-refractivity contribution in [2.24, 2.45) is 0 Å². The van der Waals surface area contributed by atoms with Crippen LogP contribution in [0.25, 0.3) is 0 Å². The van der Waals surface area contributed by atoms with Crippen LogP contribution in [-0.4, -0.2) is 11.1 Å². The van der Waals surface area contributed by atoms with E-state index in [0.29, 0.717) is 6.42 Å². The first-order valence-corrected chi connectivity index (χ1v) is 7.96. The molecule has 1 N–H and O–H groups in total. The molecule has 0 atom stereocenters. The van der Waals surface area contributed by atoms with Gasteiger partial charge in [-0.1, -0.05) is 59.8 Å². The Morgan fingerprint density at radius 3 is 1.86 bits per heavy atom. The Hall–Kier alpha value is -1.57. The number of aryl methyl sites for hydroxylation is 1. The monoisotopic (exact) mass is 302 g/mol. The molecule has 0 spiro atoms. The van der Waals surface area contributed by atoms with Gasteiger partial charge in [-0.15, -0.1) is 6.58 Å². The van der Waals surface area contributed by atoms with Gasteiger partial charge in [0.1, 0.15) is 0 Å². The fraction of sp³-hybridized carbons (Fsp3) is 0.550. The van der Waals surface area contributed by atoms with Gasteiger partial charge < -0.3 is 5.11 Å². The van der Waals surface area contributed by atoms with E-state index >= 15 is 0 Å². The average molecular weight is 302 g/mol. The summed E-state index contributed by atoms with van der Waals surface area (Å²) < 4.78 is 0. The number of hydrogen-bond donors (Lipinski definition) is 1. The number of benzene rings is 1. The fourth-order valence-electron chi connectivity index (χ4n) is 2.83. The number of aliphatic carboxylic acids is 1. The van der Waals surface area contributed by atoms with E-state index in [2.05, 4.69) is 60.3 Å². The molecule has 0 saturated carbocycles. The second-order valence-electron chi connectivity index (χ2n) is 8.06. The van der Waals surface area contributed by atoms with Crippen LogP contribution >= 0.6 is 0 Å². The van der Waals surface area contributed by atoms with Crippen molar-refractivity contribution < 1.29 is 9.90 Å². The number of carbonyl (C=O) groups is 1. The third-order valence-corrected chi connectivity index (χ3v) is 3.90. The van der Waals surface area contributed by atoms with E-state index in [0.717, 1.165) is 12.0 Å². The van der Waals surface area contributed by atoms with Crippen LogP contribution in [0.4, 0.5) is 0 Å². The van der Waals surface area contributed by atoms with Gasteiger partial charge in [0.15, 0.2) is 0 Å². The Bertz CT molecular complexity index is 519. The van der Waals surface area contributed by atoms with Crippen LogP contribution in [0, 0.1) is 0 Å². The molecule has 2 heteroatoms. The van der Waals surface area contributed by atoms with E-state index in [4.69, 9.17) is 5.11 Å². The van der Waals surface area contributed by atoms with Crippen LogP contribution < -0.4 is 0 Å². The zero-order valence-corrected chi connectivity index (χ0v) is 14.9. The summed E-state index contributed by atoms with van der Waals surface area (Å²) in [6, 6.07) is 4.38. The largest absolute Gasteiger partial charge is 0.481 e. The zero-order valence-electron chi connectivity index (χ0n) is 14.9. The predicted octanol–water partition coefficient (Wildman–Crippen LogP) is 5.03. The lowest BCUT2D eigenvalue weighted by Gasteiger charge is -2.31. The summed E-state index contributed by atoms with van der Waals surface area (Å²) in [7, 11) is 0. The summed E-state index contributed by atoms with van der Waals surface area (Å²) in [4.78, 5) is 10.9. The van der Waals surface area contributed by atoms with Crippen molar-refractivity contribution in [3.63, 3.8) is 0 Å². The van der Waals surface area contributed by atoms with Crippen LogP contribution in [0.5, 0.6) is 0 Å². The van der Waals surface area contributed by atoms with Gasteiger partial charge in [-0.25, -0.2) is 0 Å². The molecule has 0 aliphatic rings. The minimum absolute atomic E-state index is 0.0254. The fourth-order valence-corrected chi connectivity index (χ4v) is 2.83. The van der Waals surface area contributed by atoms with Crippen molar-refractivity contribution in [1.29, 1.82) is 0 Å². The molecule has 0 aromatic heterocycles. The molecule has 1 rings (SSSR count). The molecule has 22 heavy (non-hydrogen) atoms. The Balaban J connectivity index is 3.53. The summed E-state index contributed by atoms with van der Waals surface area (Å²) in [5.74, 6) is -0.746. The Kier molecular flexibility index (Phi) is 5.61. The van der Waals surface area contributed by atoms with Crippen LogP contribution in [-0.2, 0) is 28.5 Å². The molecule has 0 fully saturated rings. The van der Waals surface area contributed by atoms with Gasteiger partial charge >= 0.3 is 5.97 Å². The average Bonchev–Trinajstić information content (AvgIpc) is 2.34. The van der Waals surface area contributed by atoms with Gasteiger partial charge in [0.25, 0.3) is 0 Å². The highest BCUT2D eigenvalue weighted by molar-refractivity contribution is 5.67. The standard InChI is InChI=1S/C20H30O2/c1-8-9-15-16(19(2,3)4)12-14(10-11-18(21)22)13-17(15)20(5,6)7/h8,12-13H,1,9-11H2,2-7H3,(H,21,22). The summed E-state index contributed by atoms with van der Waals surface area (Å²) in [6.07, 6.45) is 3.55. The van der Waals surface area contributed by atoms with Crippen LogP contribution in [0.15, 0.2) is 24.8 Å². The number of hydrogen-bond acceptors (Lipinski definition) is 1.